The van der Waals surface area contributed by atoms with E-state index < -0.39 is 0 Å². The van der Waals surface area contributed by atoms with E-state index in [1.165, 1.54) is 16.7 Å². The first-order valence-corrected chi connectivity index (χ1v) is 12.5. The fourth-order valence-corrected chi connectivity index (χ4v) is 4.48. The molecule has 0 saturated carbocycles. The molecule has 0 fully saturated rings. The van der Waals surface area contributed by atoms with Gasteiger partial charge >= 0.3 is 6.15 Å². The van der Waals surface area contributed by atoms with Crippen molar-refractivity contribution in [1.29, 1.82) is 0 Å². The third kappa shape index (κ3) is 6.47. The monoisotopic (exact) mass is 519 g/mol. The lowest BCUT2D eigenvalue weighted by atomic mass is 10.0. The number of aryl methyl sites for hydroxylation is 1. The smallest absolute Gasteiger partial charge is 0.373 e. The summed E-state index contributed by atoms with van der Waals surface area (Å²) in [5.74, 6) is 1.56. The van der Waals surface area contributed by atoms with Gasteiger partial charge in [0.2, 0.25) is 0 Å². The highest BCUT2D eigenvalue weighted by Crippen LogP contribution is 2.23. The minimum absolute atomic E-state index is 0.129. The number of carbonyl (C=O) groups is 1. The van der Waals surface area contributed by atoms with Crippen molar-refractivity contribution in [3.8, 4) is 16.9 Å². The molecule has 0 radical (unpaired) electrons. The summed E-state index contributed by atoms with van der Waals surface area (Å²) in [6.07, 6.45) is 0.250. The number of aromatic nitrogens is 2. The van der Waals surface area contributed by atoms with E-state index in [-0.39, 0.29) is 18.1 Å². The van der Waals surface area contributed by atoms with Gasteiger partial charge in [0.05, 0.1) is 24.2 Å². The zero-order valence-electron chi connectivity index (χ0n) is 22.0. The Hall–Kier alpha value is -5.00. The molecule has 39 heavy (non-hydrogen) atoms. The van der Waals surface area contributed by atoms with Crippen LogP contribution in [-0.4, -0.2) is 28.7 Å². The lowest BCUT2D eigenvalue weighted by Crippen LogP contribution is -2.26. The van der Waals surface area contributed by atoms with Crippen molar-refractivity contribution < 1.29 is 19.1 Å². The highest BCUT2D eigenvalue weighted by atomic mass is 16.5. The first-order valence-electron chi connectivity index (χ1n) is 12.5. The highest BCUT2D eigenvalue weighted by molar-refractivity contribution is 5.97. The summed E-state index contributed by atoms with van der Waals surface area (Å²) >= 11 is 0. The van der Waals surface area contributed by atoms with Gasteiger partial charge in [0.15, 0.2) is 0 Å². The van der Waals surface area contributed by atoms with E-state index in [0.717, 1.165) is 34.7 Å². The molecule has 1 heterocycles. The Balaban J connectivity index is 0.00000112. The van der Waals surface area contributed by atoms with Crippen LogP contribution in [-0.2, 0) is 16.1 Å². The van der Waals surface area contributed by atoms with Crippen molar-refractivity contribution in [3.05, 3.63) is 120 Å². The van der Waals surface area contributed by atoms with Crippen LogP contribution in [0.1, 0.15) is 40.3 Å². The number of nitrogens with zero attached hydrogens (tertiary/aromatic N) is 2. The molecule has 0 spiro atoms. The highest BCUT2D eigenvalue weighted by Gasteiger charge is 2.15. The topological polar surface area (TPSA) is 90.3 Å². The average Bonchev–Trinajstić information content (AvgIpc) is 3.28. The number of hydrogen-bond acceptors (Lipinski definition) is 5. The Morgan fingerprint density at radius 1 is 0.923 bits per heavy atom. The van der Waals surface area contributed by atoms with Gasteiger partial charge in [-0.1, -0.05) is 66.7 Å². The van der Waals surface area contributed by atoms with Crippen LogP contribution in [0.25, 0.3) is 22.2 Å². The Bertz CT molecular complexity index is 1600. The predicted octanol–water partition coefficient (Wildman–Crippen LogP) is 5.98. The molecule has 0 aliphatic carbocycles. The van der Waals surface area contributed by atoms with E-state index in [2.05, 4.69) is 58.4 Å². The van der Waals surface area contributed by atoms with Crippen LogP contribution >= 0.6 is 0 Å². The fraction of sp³-hybridized carbons (Fsp3) is 0.156. The number of hydrogen-bond donors (Lipinski definition) is 1. The lowest BCUT2D eigenvalue weighted by molar-refractivity contribution is -0.191. The SMILES string of the molecule is COc1cccc([C@H](C)NC(=O)c2ccc3c(c2)nc(C)n3Cc2ccc(-c3ccccc3)cc2)c1.O=C=O. The largest absolute Gasteiger partial charge is 0.497 e. The standard InChI is InChI=1S/C31H29N3O2.CO2/c1-21(26-10-7-11-28(18-26)36-3)32-31(35)27-16-17-30-29(19-27)33-22(2)34(30)20-23-12-14-25(15-13-23)24-8-5-4-6-9-24;2-1-3/h4-19,21H,20H2,1-3H3,(H,32,35);/t21-;/m0./s1. The second kappa shape index (κ2) is 12.5. The van der Waals surface area contributed by atoms with E-state index in [9.17, 15) is 4.79 Å². The molecule has 1 N–H and O–H groups in total. The van der Waals surface area contributed by atoms with Crippen molar-refractivity contribution in [2.24, 2.45) is 0 Å². The molecule has 1 atom stereocenters. The summed E-state index contributed by atoms with van der Waals surface area (Å²) in [6, 6.07) is 32.3. The number of amides is 1. The van der Waals surface area contributed by atoms with Crippen molar-refractivity contribution in [3.63, 3.8) is 0 Å². The van der Waals surface area contributed by atoms with Gasteiger partial charge in [-0.15, -0.1) is 0 Å². The summed E-state index contributed by atoms with van der Waals surface area (Å²) in [5, 5.41) is 3.08. The van der Waals surface area contributed by atoms with E-state index >= 15 is 0 Å². The average molecular weight is 520 g/mol. The van der Waals surface area contributed by atoms with Crippen LogP contribution in [0.2, 0.25) is 0 Å². The summed E-state index contributed by atoms with van der Waals surface area (Å²) in [4.78, 5) is 34.0. The summed E-state index contributed by atoms with van der Waals surface area (Å²) < 4.78 is 7.49. The first kappa shape index (κ1) is 27.0. The second-order valence-electron chi connectivity index (χ2n) is 9.07. The van der Waals surface area contributed by atoms with Crippen LogP contribution in [0, 0.1) is 6.92 Å². The van der Waals surface area contributed by atoms with Gasteiger partial charge in [-0.25, -0.2) is 4.98 Å². The molecule has 196 valence electrons. The third-order valence-electron chi connectivity index (χ3n) is 6.54. The molecule has 7 nitrogen and oxygen atoms in total. The van der Waals surface area contributed by atoms with Crippen LogP contribution < -0.4 is 10.1 Å². The van der Waals surface area contributed by atoms with E-state index in [0.29, 0.717) is 5.56 Å². The van der Waals surface area contributed by atoms with Crippen molar-refractivity contribution in [1.82, 2.24) is 14.9 Å². The van der Waals surface area contributed by atoms with Gasteiger partial charge in [0.25, 0.3) is 5.91 Å². The van der Waals surface area contributed by atoms with Crippen molar-refractivity contribution in [2.45, 2.75) is 26.4 Å². The van der Waals surface area contributed by atoms with Gasteiger partial charge in [-0.3, -0.25) is 4.79 Å². The Morgan fingerprint density at radius 3 is 2.31 bits per heavy atom. The van der Waals surface area contributed by atoms with E-state index in [1.807, 2.05) is 62.4 Å². The maximum atomic E-state index is 13.0. The third-order valence-corrected chi connectivity index (χ3v) is 6.54. The number of methoxy groups -OCH3 is 1. The molecule has 4 aromatic carbocycles. The maximum absolute atomic E-state index is 13.0. The summed E-state index contributed by atoms with van der Waals surface area (Å²) in [5.41, 5.74) is 7.01. The molecule has 0 unspecified atom stereocenters. The van der Waals surface area contributed by atoms with Crippen molar-refractivity contribution in [2.75, 3.05) is 7.11 Å². The summed E-state index contributed by atoms with van der Waals surface area (Å²) in [7, 11) is 1.64. The number of ether oxygens (including phenoxy) is 1. The number of rotatable bonds is 7. The number of carbonyl (C=O) groups excluding carboxylic acids is 3. The normalized spacial score (nSPS) is 11.2. The van der Waals surface area contributed by atoms with Gasteiger partial charge in [-0.05, 0) is 66.4 Å². The number of nitrogens with one attached hydrogen (secondary N) is 1. The Labute approximate surface area is 227 Å². The van der Waals surface area contributed by atoms with Crippen LogP contribution in [0.4, 0.5) is 0 Å². The van der Waals surface area contributed by atoms with Gasteiger partial charge in [0, 0.05) is 12.1 Å². The predicted molar refractivity (Wildman–Crippen MR) is 149 cm³/mol. The zero-order chi connectivity index (χ0) is 27.8. The Kier molecular flexibility index (Phi) is 8.67. The fourth-order valence-electron chi connectivity index (χ4n) is 4.48. The van der Waals surface area contributed by atoms with Crippen LogP contribution in [0.5, 0.6) is 5.75 Å². The number of imidazole rings is 1. The molecule has 0 aliphatic heterocycles. The molecule has 1 aromatic heterocycles. The number of benzene rings is 4. The van der Waals surface area contributed by atoms with E-state index in [4.69, 9.17) is 19.3 Å². The molecule has 7 heteroatoms. The minimum atomic E-state index is -0.151. The minimum Gasteiger partial charge on any atom is -0.497 e. The maximum Gasteiger partial charge on any atom is 0.373 e. The first-order chi connectivity index (χ1) is 18.9. The quantitative estimate of drug-likeness (QED) is 0.286. The summed E-state index contributed by atoms with van der Waals surface area (Å²) in [6.45, 7) is 4.69. The molecule has 5 aromatic rings. The second-order valence-corrected chi connectivity index (χ2v) is 9.07. The molecular formula is C32H29N3O4. The Morgan fingerprint density at radius 2 is 1.62 bits per heavy atom. The van der Waals surface area contributed by atoms with E-state index in [1.54, 1.807) is 7.11 Å². The van der Waals surface area contributed by atoms with Crippen molar-refractivity contribution >= 4 is 23.1 Å². The van der Waals surface area contributed by atoms with Gasteiger partial charge in [-0.2, -0.15) is 9.59 Å². The lowest BCUT2D eigenvalue weighted by Gasteiger charge is -2.15. The molecule has 5 rings (SSSR count). The molecule has 1 amide bonds. The zero-order valence-corrected chi connectivity index (χ0v) is 22.0. The van der Waals surface area contributed by atoms with Crippen LogP contribution in [0.3, 0.4) is 0 Å². The molecule has 0 aliphatic rings. The van der Waals surface area contributed by atoms with Crippen LogP contribution in [0.15, 0.2) is 97.1 Å². The number of fused-ring (bicyclic) bond motifs is 1. The molecular weight excluding hydrogens is 490 g/mol. The molecule has 0 bridgehead atoms. The molecule has 0 saturated heterocycles. The van der Waals surface area contributed by atoms with Gasteiger partial charge < -0.3 is 14.6 Å². The van der Waals surface area contributed by atoms with Gasteiger partial charge in [0.1, 0.15) is 11.6 Å².